The van der Waals surface area contributed by atoms with E-state index < -0.39 is 34.1 Å². The molecule has 0 heterocycles. The molecule has 0 saturated carbocycles. The molecule has 40 heavy (non-hydrogen) atoms. The number of nitrogens with zero attached hydrogens (tertiary/aromatic N) is 2. The van der Waals surface area contributed by atoms with Crippen molar-refractivity contribution in [3.05, 3.63) is 90.0 Å². The lowest BCUT2D eigenvalue weighted by Gasteiger charge is -2.34. The van der Waals surface area contributed by atoms with E-state index in [0.29, 0.717) is 17.9 Å². The zero-order valence-electron chi connectivity index (χ0n) is 24.0. The first-order valence-corrected chi connectivity index (χ1v) is 14.7. The fourth-order valence-electron chi connectivity index (χ4n) is 4.31. The summed E-state index contributed by atoms with van der Waals surface area (Å²) in [6.45, 7) is 8.77. The SMILES string of the molecule is CCc1ccccc1N(CC(=O)N(Cc1cccc(OC)c1)[C@H](C)C(=O)NC(C)(C)C)S(=O)(=O)c1ccccc1. The van der Waals surface area contributed by atoms with Crippen LogP contribution in [-0.4, -0.2) is 50.4 Å². The van der Waals surface area contributed by atoms with Crippen LogP contribution in [0.25, 0.3) is 0 Å². The number of benzene rings is 3. The summed E-state index contributed by atoms with van der Waals surface area (Å²) in [6, 6.07) is 21.5. The Morgan fingerprint density at radius 3 is 2.23 bits per heavy atom. The van der Waals surface area contributed by atoms with Crippen LogP contribution in [-0.2, 0) is 32.6 Å². The lowest BCUT2D eigenvalue weighted by Crippen LogP contribution is -2.54. The Morgan fingerprint density at radius 2 is 1.60 bits per heavy atom. The molecule has 0 aromatic heterocycles. The van der Waals surface area contributed by atoms with Gasteiger partial charge in [0.2, 0.25) is 11.8 Å². The van der Waals surface area contributed by atoms with E-state index in [0.717, 1.165) is 15.4 Å². The fraction of sp³-hybridized carbons (Fsp3) is 0.355. The van der Waals surface area contributed by atoms with Crippen LogP contribution in [0, 0.1) is 0 Å². The number of hydrogen-bond acceptors (Lipinski definition) is 5. The topological polar surface area (TPSA) is 96.0 Å². The third kappa shape index (κ3) is 7.63. The van der Waals surface area contributed by atoms with Crippen LogP contribution in [0.5, 0.6) is 5.75 Å². The van der Waals surface area contributed by atoms with Gasteiger partial charge >= 0.3 is 0 Å². The van der Waals surface area contributed by atoms with Gasteiger partial charge in [0.1, 0.15) is 18.3 Å². The molecule has 0 aliphatic heterocycles. The third-order valence-corrected chi connectivity index (χ3v) is 8.18. The van der Waals surface area contributed by atoms with Gasteiger partial charge in [0.05, 0.1) is 17.7 Å². The summed E-state index contributed by atoms with van der Waals surface area (Å²) in [7, 11) is -2.55. The van der Waals surface area contributed by atoms with E-state index in [4.69, 9.17) is 4.74 Å². The molecule has 3 aromatic carbocycles. The molecular weight excluding hydrogens is 526 g/mol. The number of aryl methyl sites for hydroxylation is 1. The van der Waals surface area contributed by atoms with E-state index in [-0.39, 0.29) is 17.3 Å². The van der Waals surface area contributed by atoms with E-state index >= 15 is 0 Å². The number of hydrogen-bond donors (Lipinski definition) is 1. The molecule has 9 heteroatoms. The molecule has 0 radical (unpaired) electrons. The quantitative estimate of drug-likeness (QED) is 0.361. The van der Waals surface area contributed by atoms with E-state index in [1.807, 2.05) is 45.9 Å². The second-order valence-corrected chi connectivity index (χ2v) is 12.5. The van der Waals surface area contributed by atoms with E-state index in [1.54, 1.807) is 62.6 Å². The molecule has 2 amide bonds. The number of methoxy groups -OCH3 is 1. The van der Waals surface area contributed by atoms with Crippen LogP contribution >= 0.6 is 0 Å². The molecule has 0 aliphatic rings. The number of nitrogens with one attached hydrogen (secondary N) is 1. The van der Waals surface area contributed by atoms with Gasteiger partial charge in [-0.05, 0) is 75.6 Å². The van der Waals surface area contributed by atoms with Crippen molar-refractivity contribution in [2.75, 3.05) is 18.0 Å². The number of amides is 2. The number of ether oxygens (including phenoxy) is 1. The number of carbonyl (C=O) groups is 2. The standard InChI is InChI=1S/C31H39N3O5S/c1-7-25-15-11-12-19-28(25)34(40(37,38)27-17-9-8-10-18-27)22-29(35)33(23(2)30(36)32-31(3,4)5)21-24-14-13-16-26(20-24)39-6/h8-20,23H,7,21-22H2,1-6H3,(H,32,36)/t23-/m1/s1. The minimum Gasteiger partial charge on any atom is -0.497 e. The van der Waals surface area contributed by atoms with Crippen LogP contribution in [0.3, 0.4) is 0 Å². The maximum atomic E-state index is 14.1. The van der Waals surface area contributed by atoms with Crippen molar-refractivity contribution in [1.82, 2.24) is 10.2 Å². The van der Waals surface area contributed by atoms with Crippen LogP contribution in [0.1, 0.15) is 45.7 Å². The van der Waals surface area contributed by atoms with Crippen molar-refractivity contribution in [3.8, 4) is 5.75 Å². The molecule has 0 unspecified atom stereocenters. The monoisotopic (exact) mass is 565 g/mol. The first kappa shape index (κ1) is 30.7. The molecule has 214 valence electrons. The van der Waals surface area contributed by atoms with Gasteiger partial charge in [-0.15, -0.1) is 0 Å². The number of carbonyl (C=O) groups excluding carboxylic acids is 2. The Labute approximate surface area is 238 Å². The van der Waals surface area contributed by atoms with Gasteiger partial charge in [-0.3, -0.25) is 13.9 Å². The molecule has 1 atom stereocenters. The highest BCUT2D eigenvalue weighted by molar-refractivity contribution is 7.92. The summed E-state index contributed by atoms with van der Waals surface area (Å²) in [5.41, 5.74) is 1.44. The van der Waals surface area contributed by atoms with Gasteiger partial charge in [0.15, 0.2) is 0 Å². The summed E-state index contributed by atoms with van der Waals surface area (Å²) in [5, 5.41) is 2.93. The van der Waals surface area contributed by atoms with Crippen molar-refractivity contribution >= 4 is 27.5 Å². The highest BCUT2D eigenvalue weighted by Gasteiger charge is 2.34. The molecule has 3 aromatic rings. The fourth-order valence-corrected chi connectivity index (χ4v) is 5.78. The average Bonchev–Trinajstić information content (AvgIpc) is 2.93. The molecule has 0 bridgehead atoms. The lowest BCUT2D eigenvalue weighted by atomic mass is 10.1. The predicted octanol–water partition coefficient (Wildman–Crippen LogP) is 4.78. The van der Waals surface area contributed by atoms with Crippen LogP contribution in [0.15, 0.2) is 83.8 Å². The number of anilines is 1. The molecule has 0 saturated heterocycles. The molecule has 0 spiro atoms. The highest BCUT2D eigenvalue weighted by Crippen LogP contribution is 2.28. The van der Waals surface area contributed by atoms with E-state index in [9.17, 15) is 18.0 Å². The number of sulfonamides is 1. The first-order chi connectivity index (χ1) is 18.9. The summed E-state index contributed by atoms with van der Waals surface area (Å²) < 4.78 is 34.4. The third-order valence-electron chi connectivity index (χ3n) is 6.40. The molecule has 3 rings (SSSR count). The second kappa shape index (κ2) is 13.0. The first-order valence-electron chi connectivity index (χ1n) is 13.3. The zero-order chi connectivity index (χ0) is 29.5. The summed E-state index contributed by atoms with van der Waals surface area (Å²) in [4.78, 5) is 28.8. The van der Waals surface area contributed by atoms with Gasteiger partial charge in [0.25, 0.3) is 10.0 Å². The summed E-state index contributed by atoms with van der Waals surface area (Å²) in [6.07, 6.45) is 0.573. The van der Waals surface area contributed by atoms with Crippen LogP contribution < -0.4 is 14.4 Å². The van der Waals surface area contributed by atoms with Crippen molar-refractivity contribution in [2.24, 2.45) is 0 Å². The Hall–Kier alpha value is -3.85. The van der Waals surface area contributed by atoms with Crippen LogP contribution in [0.4, 0.5) is 5.69 Å². The average molecular weight is 566 g/mol. The van der Waals surface area contributed by atoms with Crippen molar-refractivity contribution < 1.29 is 22.7 Å². The Bertz CT molecular complexity index is 1420. The van der Waals surface area contributed by atoms with Gasteiger partial charge in [-0.2, -0.15) is 0 Å². The summed E-state index contributed by atoms with van der Waals surface area (Å²) >= 11 is 0. The van der Waals surface area contributed by atoms with E-state index in [2.05, 4.69) is 5.32 Å². The maximum absolute atomic E-state index is 14.1. The maximum Gasteiger partial charge on any atom is 0.264 e. The smallest absolute Gasteiger partial charge is 0.264 e. The minimum atomic E-state index is -4.11. The summed E-state index contributed by atoms with van der Waals surface area (Å²) in [5.74, 6) is -0.234. The van der Waals surface area contributed by atoms with Gasteiger partial charge in [0, 0.05) is 12.1 Å². The molecule has 1 N–H and O–H groups in total. The lowest BCUT2D eigenvalue weighted by molar-refractivity contribution is -0.140. The van der Waals surface area contributed by atoms with E-state index in [1.165, 1.54) is 17.0 Å². The molecule has 0 aliphatic carbocycles. The Balaban J connectivity index is 2.07. The van der Waals surface area contributed by atoms with Crippen molar-refractivity contribution in [2.45, 2.75) is 64.1 Å². The Kier molecular flexibility index (Phi) is 9.98. The Morgan fingerprint density at radius 1 is 0.950 bits per heavy atom. The number of rotatable bonds is 11. The normalized spacial score (nSPS) is 12.3. The highest BCUT2D eigenvalue weighted by atomic mass is 32.2. The largest absolute Gasteiger partial charge is 0.497 e. The van der Waals surface area contributed by atoms with Crippen molar-refractivity contribution in [3.63, 3.8) is 0 Å². The molecule has 8 nitrogen and oxygen atoms in total. The van der Waals surface area contributed by atoms with Gasteiger partial charge < -0.3 is 15.0 Å². The zero-order valence-corrected chi connectivity index (χ0v) is 24.9. The number of para-hydroxylation sites is 1. The predicted molar refractivity (Wildman–Crippen MR) is 158 cm³/mol. The van der Waals surface area contributed by atoms with Crippen LogP contribution in [0.2, 0.25) is 0 Å². The molecular formula is C31H39N3O5S. The molecule has 0 fully saturated rings. The van der Waals surface area contributed by atoms with Gasteiger partial charge in [-0.1, -0.05) is 55.5 Å². The minimum absolute atomic E-state index is 0.0755. The van der Waals surface area contributed by atoms with Gasteiger partial charge in [-0.25, -0.2) is 8.42 Å². The van der Waals surface area contributed by atoms with Crippen molar-refractivity contribution in [1.29, 1.82) is 0 Å². The second-order valence-electron chi connectivity index (χ2n) is 10.6.